The topological polar surface area (TPSA) is 48.2 Å². The molecule has 0 saturated heterocycles. The summed E-state index contributed by atoms with van der Waals surface area (Å²) in [6.07, 6.45) is 6.92. The van der Waals surface area contributed by atoms with Crippen molar-refractivity contribution in [1.82, 2.24) is 9.97 Å². The number of hydrogen-bond donors (Lipinski definition) is 0. The Hall–Kier alpha value is -2.63. The van der Waals surface area contributed by atoms with Crippen LogP contribution >= 0.6 is 11.3 Å². The number of nitrogens with zero attached hydrogens (tertiary/aromatic N) is 2. The summed E-state index contributed by atoms with van der Waals surface area (Å²) in [5, 5.41) is 2.31. The van der Waals surface area contributed by atoms with Crippen molar-refractivity contribution in [1.29, 1.82) is 0 Å². The van der Waals surface area contributed by atoms with Gasteiger partial charge in [-0.15, -0.1) is 23.7 Å². The number of alkyl halides is 3. The molecule has 0 spiro atoms. The van der Waals surface area contributed by atoms with Crippen molar-refractivity contribution in [3.63, 3.8) is 0 Å². The van der Waals surface area contributed by atoms with E-state index in [1.807, 2.05) is 6.08 Å². The van der Waals surface area contributed by atoms with Gasteiger partial charge in [-0.25, -0.2) is 9.97 Å². The molecule has 0 aliphatic heterocycles. The van der Waals surface area contributed by atoms with Gasteiger partial charge < -0.3 is 9.15 Å². The SMILES string of the molecule is C#CC(CC)CC(C)C/C=C/c1nc2cc(C(OCC)C(F)(F)F)cc(-c3nccs3)c2o1. The quantitative estimate of drug-likeness (QED) is 0.282. The zero-order valence-electron chi connectivity index (χ0n) is 18.9. The predicted molar refractivity (Wildman–Crippen MR) is 126 cm³/mol. The van der Waals surface area contributed by atoms with E-state index in [0.29, 0.717) is 33.5 Å². The van der Waals surface area contributed by atoms with Gasteiger partial charge in [0.1, 0.15) is 10.5 Å². The maximum Gasteiger partial charge on any atom is 0.418 e. The first-order chi connectivity index (χ1) is 15.8. The number of ether oxygens (including phenoxy) is 1. The van der Waals surface area contributed by atoms with E-state index < -0.39 is 12.3 Å². The number of rotatable bonds is 10. The van der Waals surface area contributed by atoms with Crippen LogP contribution < -0.4 is 0 Å². The van der Waals surface area contributed by atoms with Crippen molar-refractivity contribution in [2.75, 3.05) is 6.61 Å². The van der Waals surface area contributed by atoms with Crippen molar-refractivity contribution in [3.8, 4) is 22.9 Å². The van der Waals surface area contributed by atoms with Crippen LogP contribution in [-0.4, -0.2) is 22.8 Å². The van der Waals surface area contributed by atoms with E-state index in [1.54, 1.807) is 17.7 Å². The second kappa shape index (κ2) is 11.0. The smallest absolute Gasteiger partial charge is 0.418 e. The Balaban J connectivity index is 1.94. The molecule has 33 heavy (non-hydrogen) atoms. The minimum Gasteiger partial charge on any atom is -0.436 e. The summed E-state index contributed by atoms with van der Waals surface area (Å²) in [5.41, 5.74) is 1.17. The van der Waals surface area contributed by atoms with Crippen LogP contribution in [0.25, 0.3) is 27.7 Å². The van der Waals surface area contributed by atoms with Gasteiger partial charge in [0.25, 0.3) is 0 Å². The molecule has 3 unspecified atom stereocenters. The molecule has 176 valence electrons. The standard InChI is InChI=1S/C25H27F3N2O2S/c1-5-17(6-2)13-16(4)9-8-10-21-30-20-15-18(23(31-7-3)25(26,27)28)14-19(22(20)32-21)24-29-11-12-33-24/h1,8,10-12,14-17,23H,6-7,9,13H2,2-4H3/b10-8+. The van der Waals surface area contributed by atoms with Crippen LogP contribution in [0.4, 0.5) is 13.2 Å². The Morgan fingerprint density at radius 1 is 1.30 bits per heavy atom. The fourth-order valence-electron chi connectivity index (χ4n) is 3.69. The molecule has 0 saturated carbocycles. The lowest BCUT2D eigenvalue weighted by Crippen LogP contribution is -2.23. The monoisotopic (exact) mass is 476 g/mol. The molecular weight excluding hydrogens is 449 g/mol. The molecule has 3 aromatic rings. The van der Waals surface area contributed by atoms with E-state index in [0.717, 1.165) is 19.3 Å². The minimum absolute atomic E-state index is 0.0283. The van der Waals surface area contributed by atoms with Gasteiger partial charge in [-0.05, 0) is 55.9 Å². The highest BCUT2D eigenvalue weighted by Crippen LogP contribution is 2.40. The number of terminal acetylenes is 1. The number of benzene rings is 1. The Morgan fingerprint density at radius 2 is 2.09 bits per heavy atom. The maximum absolute atomic E-state index is 13.7. The van der Waals surface area contributed by atoms with E-state index in [9.17, 15) is 13.2 Å². The van der Waals surface area contributed by atoms with Crippen molar-refractivity contribution in [2.45, 2.75) is 52.3 Å². The van der Waals surface area contributed by atoms with Crippen LogP contribution in [-0.2, 0) is 4.74 Å². The van der Waals surface area contributed by atoms with Gasteiger partial charge in [-0.1, -0.05) is 19.9 Å². The fourth-order valence-corrected chi connectivity index (χ4v) is 4.34. The minimum atomic E-state index is -4.55. The van der Waals surface area contributed by atoms with Crippen LogP contribution in [0.15, 0.2) is 34.2 Å². The molecule has 0 amide bonds. The number of aromatic nitrogens is 2. The lowest BCUT2D eigenvalue weighted by atomic mass is 9.92. The highest BCUT2D eigenvalue weighted by atomic mass is 32.1. The summed E-state index contributed by atoms with van der Waals surface area (Å²) in [6, 6.07) is 2.81. The van der Waals surface area contributed by atoms with Crippen LogP contribution in [0, 0.1) is 24.2 Å². The molecule has 3 atom stereocenters. The van der Waals surface area contributed by atoms with Crippen LogP contribution in [0.3, 0.4) is 0 Å². The first kappa shape index (κ1) is 25.0. The fraction of sp³-hybridized carbons (Fsp3) is 0.440. The summed E-state index contributed by atoms with van der Waals surface area (Å²) in [5.74, 6) is 3.79. The molecule has 4 nitrogen and oxygen atoms in total. The second-order valence-electron chi connectivity index (χ2n) is 7.93. The van der Waals surface area contributed by atoms with Gasteiger partial charge >= 0.3 is 6.18 Å². The molecule has 0 bridgehead atoms. The van der Waals surface area contributed by atoms with Gasteiger partial charge in [0.2, 0.25) is 5.89 Å². The van der Waals surface area contributed by atoms with E-state index in [2.05, 4.69) is 29.7 Å². The van der Waals surface area contributed by atoms with Crippen LogP contribution in [0.5, 0.6) is 0 Å². The van der Waals surface area contributed by atoms with Gasteiger partial charge in [0, 0.05) is 24.1 Å². The number of fused-ring (bicyclic) bond motifs is 1. The average Bonchev–Trinajstić information content (AvgIpc) is 3.44. The molecule has 0 N–H and O–H groups in total. The van der Waals surface area contributed by atoms with Gasteiger partial charge in [-0.3, -0.25) is 0 Å². The number of thiazole rings is 1. The normalized spacial score (nSPS) is 15.1. The molecule has 2 aromatic heterocycles. The largest absolute Gasteiger partial charge is 0.436 e. The number of halogens is 3. The average molecular weight is 477 g/mol. The van der Waals surface area contributed by atoms with E-state index in [4.69, 9.17) is 15.6 Å². The van der Waals surface area contributed by atoms with Crippen molar-refractivity contribution in [2.24, 2.45) is 11.8 Å². The number of oxazole rings is 1. The summed E-state index contributed by atoms with van der Waals surface area (Å²) in [7, 11) is 0. The molecular formula is C25H27F3N2O2S. The van der Waals surface area contributed by atoms with Crippen molar-refractivity contribution in [3.05, 3.63) is 41.2 Å². The summed E-state index contributed by atoms with van der Waals surface area (Å²) in [4.78, 5) is 8.68. The summed E-state index contributed by atoms with van der Waals surface area (Å²) < 4.78 is 51.9. The van der Waals surface area contributed by atoms with Gasteiger partial charge in [-0.2, -0.15) is 13.2 Å². The lowest BCUT2D eigenvalue weighted by Gasteiger charge is -2.21. The first-order valence-electron chi connectivity index (χ1n) is 10.9. The molecule has 0 aliphatic carbocycles. The molecule has 1 aromatic carbocycles. The highest BCUT2D eigenvalue weighted by Gasteiger charge is 2.42. The van der Waals surface area contributed by atoms with Crippen molar-refractivity contribution < 1.29 is 22.3 Å². The Labute approximate surface area is 195 Å². The maximum atomic E-state index is 13.7. The molecule has 3 rings (SSSR count). The summed E-state index contributed by atoms with van der Waals surface area (Å²) in [6.45, 7) is 5.67. The number of allylic oxidation sites excluding steroid dienone is 1. The van der Waals surface area contributed by atoms with E-state index in [-0.39, 0.29) is 18.1 Å². The third-order valence-electron chi connectivity index (χ3n) is 5.34. The van der Waals surface area contributed by atoms with Gasteiger partial charge in [0.05, 0.1) is 5.56 Å². The zero-order chi connectivity index (χ0) is 24.0. The first-order valence-corrected chi connectivity index (χ1v) is 11.8. The van der Waals surface area contributed by atoms with Crippen molar-refractivity contribution >= 4 is 28.5 Å². The predicted octanol–water partition coefficient (Wildman–Crippen LogP) is 7.68. The third-order valence-corrected chi connectivity index (χ3v) is 6.15. The van der Waals surface area contributed by atoms with Crippen LogP contribution in [0.2, 0.25) is 0 Å². The number of hydrogen-bond acceptors (Lipinski definition) is 5. The third kappa shape index (κ3) is 6.24. The zero-order valence-corrected chi connectivity index (χ0v) is 19.7. The van der Waals surface area contributed by atoms with E-state index in [1.165, 1.54) is 30.4 Å². The summed E-state index contributed by atoms with van der Waals surface area (Å²) >= 11 is 1.32. The van der Waals surface area contributed by atoms with Gasteiger partial charge in [0.15, 0.2) is 11.7 Å². The van der Waals surface area contributed by atoms with Crippen LogP contribution in [0.1, 0.15) is 57.6 Å². The molecule has 8 heteroatoms. The molecule has 2 heterocycles. The Morgan fingerprint density at radius 3 is 2.70 bits per heavy atom. The highest BCUT2D eigenvalue weighted by molar-refractivity contribution is 7.13. The Bertz CT molecular complexity index is 1110. The molecule has 0 aliphatic rings. The molecule has 0 fully saturated rings. The van der Waals surface area contributed by atoms with E-state index >= 15 is 0 Å². The lowest BCUT2D eigenvalue weighted by molar-refractivity contribution is -0.222. The second-order valence-corrected chi connectivity index (χ2v) is 8.83. The molecule has 0 radical (unpaired) electrons. The Kier molecular flexibility index (Phi) is 8.33.